The number of benzene rings is 2. The van der Waals surface area contributed by atoms with Crippen molar-refractivity contribution in [2.45, 2.75) is 13.8 Å². The molecular formula is C23H24Cl2N6O4. The molecule has 0 aliphatic rings. The number of anilines is 4. The number of hydrogen-bond donors (Lipinski definition) is 4. The molecule has 35 heavy (non-hydrogen) atoms. The summed E-state index contributed by atoms with van der Waals surface area (Å²) in [6, 6.07) is 11.3. The van der Waals surface area contributed by atoms with Crippen LogP contribution in [0.3, 0.4) is 0 Å². The van der Waals surface area contributed by atoms with E-state index < -0.39 is 11.9 Å². The molecule has 12 heteroatoms. The Hall–Kier alpha value is -3.76. The van der Waals surface area contributed by atoms with Crippen LogP contribution < -0.4 is 26.6 Å². The van der Waals surface area contributed by atoms with Crippen LogP contribution in [-0.2, 0) is 9.53 Å². The van der Waals surface area contributed by atoms with Crippen molar-refractivity contribution in [3.8, 4) is 5.75 Å². The SMILES string of the molecule is CC(C)COC(=O)c1ccc(Nc2ncnc(NNC(=O)COc3ccc(Cl)cc3Cl)c2N)cc1. The molecule has 2 aromatic carbocycles. The number of hydrazine groups is 1. The van der Waals surface area contributed by atoms with Gasteiger partial charge in [0.1, 0.15) is 17.8 Å². The molecule has 5 N–H and O–H groups in total. The van der Waals surface area contributed by atoms with E-state index in [4.69, 9.17) is 38.4 Å². The van der Waals surface area contributed by atoms with E-state index in [2.05, 4.69) is 26.1 Å². The van der Waals surface area contributed by atoms with Crippen LogP contribution in [0.25, 0.3) is 0 Å². The summed E-state index contributed by atoms with van der Waals surface area (Å²) < 4.78 is 10.6. The van der Waals surface area contributed by atoms with Gasteiger partial charge in [0.25, 0.3) is 5.91 Å². The normalized spacial score (nSPS) is 10.5. The van der Waals surface area contributed by atoms with Gasteiger partial charge in [0.05, 0.1) is 17.2 Å². The Morgan fingerprint density at radius 3 is 2.46 bits per heavy atom. The summed E-state index contributed by atoms with van der Waals surface area (Å²) in [5.41, 5.74) is 12.4. The first-order chi connectivity index (χ1) is 16.7. The predicted molar refractivity (Wildman–Crippen MR) is 135 cm³/mol. The molecule has 0 saturated heterocycles. The number of nitrogens with zero attached hydrogens (tertiary/aromatic N) is 2. The van der Waals surface area contributed by atoms with E-state index in [0.29, 0.717) is 34.4 Å². The number of nitrogen functional groups attached to an aromatic ring is 1. The maximum atomic E-state index is 12.1. The number of esters is 1. The van der Waals surface area contributed by atoms with Crippen molar-refractivity contribution in [2.75, 3.05) is 29.7 Å². The number of amides is 1. The summed E-state index contributed by atoms with van der Waals surface area (Å²) in [5, 5.41) is 3.79. The third-order valence-electron chi connectivity index (χ3n) is 4.39. The van der Waals surface area contributed by atoms with Gasteiger partial charge in [-0.25, -0.2) is 14.8 Å². The number of aromatic nitrogens is 2. The molecule has 1 aromatic heterocycles. The number of nitrogens with two attached hydrogens (primary N) is 1. The largest absolute Gasteiger partial charge is 0.482 e. The third-order valence-corrected chi connectivity index (χ3v) is 4.92. The monoisotopic (exact) mass is 518 g/mol. The fourth-order valence-corrected chi connectivity index (χ4v) is 3.11. The van der Waals surface area contributed by atoms with E-state index >= 15 is 0 Å². The maximum absolute atomic E-state index is 12.1. The van der Waals surface area contributed by atoms with Crippen molar-refractivity contribution in [3.63, 3.8) is 0 Å². The molecule has 3 rings (SSSR count). The molecule has 0 saturated carbocycles. The lowest BCUT2D eigenvalue weighted by molar-refractivity contribution is -0.122. The fourth-order valence-electron chi connectivity index (χ4n) is 2.65. The maximum Gasteiger partial charge on any atom is 0.338 e. The lowest BCUT2D eigenvalue weighted by Gasteiger charge is -2.14. The minimum absolute atomic E-state index is 0.162. The quantitative estimate of drug-likeness (QED) is 0.226. The minimum Gasteiger partial charge on any atom is -0.482 e. The van der Waals surface area contributed by atoms with Crippen LogP contribution in [0, 0.1) is 5.92 Å². The number of carbonyl (C=O) groups excluding carboxylic acids is 2. The zero-order chi connectivity index (χ0) is 25.4. The first-order valence-electron chi connectivity index (χ1n) is 10.5. The second-order valence-corrected chi connectivity index (χ2v) is 8.56. The van der Waals surface area contributed by atoms with Crippen molar-refractivity contribution in [3.05, 3.63) is 64.4 Å². The lowest BCUT2D eigenvalue weighted by atomic mass is 10.2. The standard InChI is InChI=1S/C23H24Cl2N6O4/c1-13(2)10-35-23(33)14-3-6-16(7-4-14)29-21-20(26)22(28-12-27-21)31-30-19(32)11-34-18-8-5-15(24)9-17(18)25/h3-9,12-13H,10-11,26H2,1-2H3,(H,30,32)(H2,27,28,29,31). The molecule has 3 aromatic rings. The van der Waals surface area contributed by atoms with Crippen LogP contribution >= 0.6 is 23.2 Å². The molecule has 0 aliphatic carbocycles. The van der Waals surface area contributed by atoms with Gasteiger partial charge >= 0.3 is 5.97 Å². The highest BCUT2D eigenvalue weighted by atomic mass is 35.5. The Kier molecular flexibility index (Phi) is 8.93. The summed E-state index contributed by atoms with van der Waals surface area (Å²) in [7, 11) is 0. The van der Waals surface area contributed by atoms with E-state index in [1.54, 1.807) is 36.4 Å². The average Bonchev–Trinajstić information content (AvgIpc) is 2.83. The summed E-state index contributed by atoms with van der Waals surface area (Å²) >= 11 is 11.9. The van der Waals surface area contributed by atoms with Gasteiger partial charge in [-0.2, -0.15) is 0 Å². The molecule has 0 spiro atoms. The Morgan fingerprint density at radius 2 is 1.77 bits per heavy atom. The number of carbonyl (C=O) groups is 2. The summed E-state index contributed by atoms with van der Waals surface area (Å²) in [6.45, 7) is 3.97. The predicted octanol–water partition coefficient (Wildman–Crippen LogP) is 4.44. The van der Waals surface area contributed by atoms with Gasteiger partial charge in [-0.1, -0.05) is 37.0 Å². The van der Waals surface area contributed by atoms with Crippen LogP contribution in [0.1, 0.15) is 24.2 Å². The highest BCUT2D eigenvalue weighted by Gasteiger charge is 2.12. The van der Waals surface area contributed by atoms with Crippen molar-refractivity contribution in [2.24, 2.45) is 5.92 Å². The summed E-state index contributed by atoms with van der Waals surface area (Å²) in [6.07, 6.45) is 1.27. The number of ether oxygens (including phenoxy) is 2. The number of nitrogens with one attached hydrogen (secondary N) is 3. The van der Waals surface area contributed by atoms with Gasteiger partial charge in [0, 0.05) is 10.7 Å². The van der Waals surface area contributed by atoms with E-state index in [1.807, 2.05) is 13.8 Å². The van der Waals surface area contributed by atoms with Crippen molar-refractivity contribution in [1.82, 2.24) is 15.4 Å². The second-order valence-electron chi connectivity index (χ2n) is 7.72. The first-order valence-corrected chi connectivity index (χ1v) is 11.3. The van der Waals surface area contributed by atoms with Gasteiger partial charge in [-0.05, 0) is 48.4 Å². The van der Waals surface area contributed by atoms with E-state index in [1.165, 1.54) is 12.4 Å². The molecular weight excluding hydrogens is 495 g/mol. The molecule has 0 unspecified atom stereocenters. The summed E-state index contributed by atoms with van der Waals surface area (Å²) in [4.78, 5) is 32.3. The van der Waals surface area contributed by atoms with E-state index in [-0.39, 0.29) is 29.1 Å². The molecule has 0 bridgehead atoms. The Balaban J connectivity index is 1.55. The van der Waals surface area contributed by atoms with Crippen LogP contribution in [0.2, 0.25) is 10.0 Å². The van der Waals surface area contributed by atoms with Crippen molar-refractivity contribution >= 4 is 58.1 Å². The van der Waals surface area contributed by atoms with Gasteiger partial charge in [-0.15, -0.1) is 0 Å². The molecule has 0 aliphatic heterocycles. The topological polar surface area (TPSA) is 140 Å². The van der Waals surface area contributed by atoms with E-state index in [9.17, 15) is 9.59 Å². The molecule has 0 fully saturated rings. The highest BCUT2D eigenvalue weighted by molar-refractivity contribution is 6.35. The Morgan fingerprint density at radius 1 is 1.06 bits per heavy atom. The zero-order valence-electron chi connectivity index (χ0n) is 19.0. The molecule has 184 valence electrons. The number of rotatable bonds is 10. The Bertz CT molecular complexity index is 1190. The second kappa shape index (κ2) is 12.1. The van der Waals surface area contributed by atoms with Crippen molar-refractivity contribution < 1.29 is 19.1 Å². The molecule has 0 atom stereocenters. The molecule has 0 radical (unpaired) electrons. The smallest absolute Gasteiger partial charge is 0.338 e. The first kappa shape index (κ1) is 25.9. The lowest BCUT2D eigenvalue weighted by Crippen LogP contribution is -2.34. The Labute approximate surface area is 212 Å². The molecule has 1 amide bonds. The number of hydrogen-bond acceptors (Lipinski definition) is 9. The van der Waals surface area contributed by atoms with Crippen LogP contribution in [0.4, 0.5) is 23.0 Å². The van der Waals surface area contributed by atoms with Gasteiger partial charge in [0.15, 0.2) is 18.2 Å². The number of halogens is 2. The fraction of sp³-hybridized carbons (Fsp3) is 0.217. The van der Waals surface area contributed by atoms with Crippen LogP contribution in [-0.4, -0.2) is 35.1 Å². The van der Waals surface area contributed by atoms with Crippen LogP contribution in [0.5, 0.6) is 5.75 Å². The zero-order valence-corrected chi connectivity index (χ0v) is 20.5. The minimum atomic E-state index is -0.497. The van der Waals surface area contributed by atoms with Crippen LogP contribution in [0.15, 0.2) is 48.8 Å². The highest BCUT2D eigenvalue weighted by Crippen LogP contribution is 2.28. The van der Waals surface area contributed by atoms with Gasteiger partial charge in [-0.3, -0.25) is 15.6 Å². The van der Waals surface area contributed by atoms with E-state index in [0.717, 1.165) is 0 Å². The third kappa shape index (κ3) is 7.62. The van der Waals surface area contributed by atoms with Gasteiger partial charge < -0.3 is 20.5 Å². The van der Waals surface area contributed by atoms with Gasteiger partial charge in [0.2, 0.25) is 0 Å². The molecule has 1 heterocycles. The van der Waals surface area contributed by atoms with Crippen molar-refractivity contribution in [1.29, 1.82) is 0 Å². The molecule has 10 nitrogen and oxygen atoms in total. The average molecular weight is 519 g/mol. The summed E-state index contributed by atoms with van der Waals surface area (Å²) in [5.74, 6) is 0.159.